The van der Waals surface area contributed by atoms with Gasteiger partial charge < -0.3 is 93.4 Å². The number of phenolic OH excluding ortho intramolecular Hbond substituents is 1. The highest BCUT2D eigenvalue weighted by molar-refractivity contribution is 9.10. The number of anilines is 4. The highest BCUT2D eigenvalue weighted by Gasteiger charge is 2.52. The quantitative estimate of drug-likeness (QED) is 0.00955. The smallest absolute Gasteiger partial charge is 0.494 e. The minimum Gasteiger partial charge on any atom is -0.507 e. The minimum atomic E-state index is -4.66. The Hall–Kier alpha value is -10.5. The molecule has 0 unspecified atom stereocenters. The number of nitrogens with zero attached hydrogens (tertiary/aromatic N) is 9. The molecule has 1 aliphatic heterocycles. The second kappa shape index (κ2) is 48.3. The number of rotatable bonds is 29. The Labute approximate surface area is 728 Å². The number of alkyl halides is 15. The van der Waals surface area contributed by atoms with E-state index < -0.39 is 82.8 Å². The zero-order valence-electron chi connectivity index (χ0n) is 68.1. The van der Waals surface area contributed by atoms with E-state index in [1.54, 1.807) is 27.2 Å². The van der Waals surface area contributed by atoms with Crippen LogP contribution in [0.5, 0.6) is 28.7 Å². The maximum absolute atomic E-state index is 13.5. The van der Waals surface area contributed by atoms with Gasteiger partial charge in [0.2, 0.25) is 0 Å². The lowest BCUT2D eigenvalue weighted by molar-refractivity contribution is -0.140. The number of nitrogens with two attached hydrogens (primary N) is 2. The Morgan fingerprint density at radius 1 is 0.472 bits per heavy atom. The SMILES string of the molecule is CNc1cc(-c2ccc(OCOCCOC)c(C(F)(F)F)c2)nc(C#N)c1N.CNc1cc(Cl)nc(C#N)c1N.COCCOCOc1ccc(-c2cc3c(nnn3C)c(C#N)n2)cc1C(F)(F)F.COCCOCOc1ccc(B2OC(C)(C)C(C)(C)O2)cc1C(F)(F)F.COCCOCOc1ccc(Br)cc1C(F)(F)F.Oc1ccc(Br)cc1C(F)(F)F. The summed E-state index contributed by atoms with van der Waals surface area (Å²) in [5.41, 5.74) is 8.57. The van der Waals surface area contributed by atoms with Crippen LogP contribution in [0.25, 0.3) is 33.5 Å². The molecule has 4 aromatic heterocycles. The first-order valence-corrected chi connectivity index (χ1v) is 37.9. The second-order valence-electron chi connectivity index (χ2n) is 26.1. The number of halogens is 18. The molecule has 9 aromatic rings. The first-order chi connectivity index (χ1) is 58.7. The molecule has 7 N–H and O–H groups in total. The van der Waals surface area contributed by atoms with Crippen molar-refractivity contribution in [3.8, 4) is 69.5 Å². The molecule has 1 aliphatic rings. The van der Waals surface area contributed by atoms with Crippen LogP contribution in [-0.2, 0) is 85.1 Å². The molecule has 28 nitrogen and oxygen atoms in total. The second-order valence-corrected chi connectivity index (χ2v) is 28.3. The fraction of sp³-hybridized carbons (Fsp3) is 0.385. The van der Waals surface area contributed by atoms with E-state index in [1.807, 2.05) is 45.9 Å². The zero-order valence-corrected chi connectivity index (χ0v) is 72.0. The summed E-state index contributed by atoms with van der Waals surface area (Å²) >= 11 is 11.5. The van der Waals surface area contributed by atoms with Crippen molar-refractivity contribution in [2.24, 2.45) is 7.05 Å². The summed E-state index contributed by atoms with van der Waals surface area (Å²) < 4.78 is 269. The van der Waals surface area contributed by atoms with Gasteiger partial charge in [-0.25, -0.2) is 19.6 Å². The summed E-state index contributed by atoms with van der Waals surface area (Å²) in [6.45, 7) is 8.24. The average Bonchev–Trinajstić information content (AvgIpc) is 1.74. The number of phenols is 1. The van der Waals surface area contributed by atoms with Gasteiger partial charge in [-0.2, -0.15) is 81.6 Å². The highest BCUT2D eigenvalue weighted by Crippen LogP contribution is 2.45. The van der Waals surface area contributed by atoms with Crippen molar-refractivity contribution < 1.29 is 137 Å². The summed E-state index contributed by atoms with van der Waals surface area (Å²) in [5.74, 6) is -2.08. The standard InChI is InChI=1S/C18H16F3N5O3.C18H19F3N4O3.C17H24BF3O5.C11H12BrF3O3.C7H4BrF3O.C7H7ClN4/c1-26-15-8-13(23-14(9-22)17(15)24-25-26)11-3-4-16(12(7-11)18(19,20)21)29-10-28-6-5-27-2;1-24-14-8-13(25-15(9-22)17(14)23)11-3-4-16(12(7-11)18(19,20)21)28-10-27-6-5-26-2;1-15(2)16(3,4)26-18(25-15)12-6-7-14(13(10-12)17(19,20)21)24-11-23-9-8-22-5;1-16-4-5-17-7-18-10-3-2-8(12)6-9(10)11(13,14)15;8-4-1-2-6(12)5(3-4)7(9,10)11;1-11-4-2-6(8)12-5(3-9)7(4)10/h3-4,7-8H,5-6,10H2,1-2H3;3-4,7-8H,5-6,10,23H2,1-2H3,(H,24,25);6-7,10H,8-9,11H2,1-5H3;2-3,6H,4-5,7H2,1H3;1-3,12H;2H,10H2,1H3,(H,11,12). The Morgan fingerprint density at radius 3 is 1.20 bits per heavy atom. The van der Waals surface area contributed by atoms with Crippen molar-refractivity contribution >= 4 is 89.8 Å². The molecule has 47 heteroatoms. The normalized spacial score (nSPS) is 12.8. The Kier molecular flexibility index (Phi) is 40.6. The number of nitrogen functional groups attached to an aromatic ring is 2. The summed E-state index contributed by atoms with van der Waals surface area (Å²) in [5, 5.41) is 49.4. The van der Waals surface area contributed by atoms with Crippen molar-refractivity contribution in [1.29, 1.82) is 15.8 Å². The lowest BCUT2D eigenvalue weighted by atomic mass is 9.78. The zero-order chi connectivity index (χ0) is 93.4. The lowest BCUT2D eigenvalue weighted by Gasteiger charge is -2.32. The molecular formula is C78H82BBr2ClF15N13O15. The number of aromatic hydroxyl groups is 1. The maximum atomic E-state index is 13.5. The number of methoxy groups -OCH3 is 4. The molecule has 0 atom stereocenters. The van der Waals surface area contributed by atoms with Crippen LogP contribution < -0.4 is 46.5 Å². The first kappa shape index (κ1) is 105. The molecule has 678 valence electrons. The minimum absolute atomic E-state index is 0.0222. The van der Waals surface area contributed by atoms with Gasteiger partial charge in [-0.15, -0.1) is 5.10 Å². The van der Waals surface area contributed by atoms with E-state index in [0.717, 1.165) is 36.4 Å². The van der Waals surface area contributed by atoms with E-state index in [1.165, 1.54) is 99.9 Å². The van der Waals surface area contributed by atoms with Crippen LogP contribution in [-0.4, -0.2) is 176 Å². The van der Waals surface area contributed by atoms with Gasteiger partial charge in [-0.1, -0.05) is 54.7 Å². The van der Waals surface area contributed by atoms with Gasteiger partial charge in [0.25, 0.3) is 0 Å². The molecule has 5 heterocycles. The van der Waals surface area contributed by atoms with Gasteiger partial charge in [0.1, 0.15) is 57.6 Å². The molecule has 5 aromatic carbocycles. The van der Waals surface area contributed by atoms with Crippen molar-refractivity contribution in [3.05, 3.63) is 168 Å². The topological polar surface area (TPSA) is 366 Å². The largest absolute Gasteiger partial charge is 0.507 e. The fourth-order valence-electron chi connectivity index (χ4n) is 9.97. The molecule has 0 saturated carbocycles. The third-order valence-electron chi connectivity index (χ3n) is 17.0. The summed E-state index contributed by atoms with van der Waals surface area (Å²) in [6, 6.07) is 27.8. The predicted octanol–water partition coefficient (Wildman–Crippen LogP) is 17.1. The predicted molar refractivity (Wildman–Crippen MR) is 433 cm³/mol. The van der Waals surface area contributed by atoms with E-state index in [4.69, 9.17) is 105 Å². The van der Waals surface area contributed by atoms with Gasteiger partial charge in [0.15, 0.2) is 44.3 Å². The number of aromatic nitrogens is 6. The number of nitriles is 3. The number of benzene rings is 5. The van der Waals surface area contributed by atoms with E-state index >= 15 is 0 Å². The van der Waals surface area contributed by atoms with Crippen LogP contribution in [0, 0.1) is 34.0 Å². The third kappa shape index (κ3) is 31.8. The molecule has 0 bridgehead atoms. The van der Waals surface area contributed by atoms with Gasteiger partial charge in [-0.3, -0.25) is 0 Å². The number of pyridine rings is 3. The Balaban J connectivity index is 0.000000274. The molecule has 0 spiro atoms. The van der Waals surface area contributed by atoms with Crippen molar-refractivity contribution in [1.82, 2.24) is 29.9 Å². The van der Waals surface area contributed by atoms with Crippen LogP contribution in [0.1, 0.15) is 72.6 Å². The number of hydrogen-bond acceptors (Lipinski definition) is 27. The number of aryl methyl sites for hydroxylation is 1. The van der Waals surface area contributed by atoms with Crippen LogP contribution >= 0.6 is 43.5 Å². The van der Waals surface area contributed by atoms with Crippen LogP contribution in [0.15, 0.2) is 118 Å². The fourth-order valence-corrected chi connectivity index (χ4v) is 10.9. The third-order valence-corrected chi connectivity index (χ3v) is 18.1. The van der Waals surface area contributed by atoms with Crippen molar-refractivity contribution in [2.45, 2.75) is 69.8 Å². The number of fused-ring (bicyclic) bond motifs is 1. The van der Waals surface area contributed by atoms with Gasteiger partial charge in [0, 0.05) is 75.7 Å². The molecule has 1 saturated heterocycles. The van der Waals surface area contributed by atoms with E-state index in [2.05, 4.69) is 67.8 Å². The lowest BCUT2D eigenvalue weighted by Crippen LogP contribution is -2.41. The monoisotopic (exact) mass is 1930 g/mol. The maximum Gasteiger partial charge on any atom is 0.494 e. The summed E-state index contributed by atoms with van der Waals surface area (Å²) in [4.78, 5) is 11.9. The molecule has 0 amide bonds. The van der Waals surface area contributed by atoms with Crippen molar-refractivity contribution in [3.63, 3.8) is 0 Å². The van der Waals surface area contributed by atoms with Crippen LogP contribution in [0.3, 0.4) is 0 Å². The molecular weight excluding hydrogens is 1850 g/mol. The van der Waals surface area contributed by atoms with E-state index in [9.17, 15) is 71.1 Å². The molecule has 0 radical (unpaired) electrons. The molecule has 10 rings (SSSR count). The molecule has 125 heavy (non-hydrogen) atoms. The van der Waals surface area contributed by atoms with Crippen LogP contribution in [0.2, 0.25) is 5.15 Å². The van der Waals surface area contributed by atoms with Crippen molar-refractivity contribution in [2.75, 3.05) is 145 Å². The molecule has 1 fully saturated rings. The Morgan fingerprint density at radius 2 is 0.816 bits per heavy atom. The summed E-state index contributed by atoms with van der Waals surface area (Å²) in [7, 11) is 9.97. The molecule has 0 aliphatic carbocycles. The van der Waals surface area contributed by atoms with Gasteiger partial charge in [0.05, 0.1) is 132 Å². The Bertz CT molecular complexity index is 5130. The summed E-state index contributed by atoms with van der Waals surface area (Å²) in [6.07, 6.45) is -22.9. The van der Waals surface area contributed by atoms with E-state index in [-0.39, 0.29) is 142 Å². The highest BCUT2D eigenvalue weighted by atomic mass is 79.9. The number of nitrogens with one attached hydrogen (secondary N) is 2. The van der Waals surface area contributed by atoms with E-state index in [0.29, 0.717) is 53.5 Å². The first-order valence-electron chi connectivity index (χ1n) is 35.9. The number of ether oxygens (including phenoxy) is 12. The van der Waals surface area contributed by atoms with Gasteiger partial charge >= 0.3 is 38.0 Å². The average molecular weight is 1930 g/mol. The number of hydrogen-bond donors (Lipinski definition) is 5. The van der Waals surface area contributed by atoms with Gasteiger partial charge in [-0.05, 0) is 130 Å². The van der Waals surface area contributed by atoms with Crippen LogP contribution in [0.4, 0.5) is 88.6 Å².